The first-order valence-electron chi connectivity index (χ1n) is 7.78. The molecule has 0 amide bonds. The number of thiazole rings is 1. The second-order valence-corrected chi connectivity index (χ2v) is 6.96. The lowest BCUT2D eigenvalue weighted by molar-refractivity contribution is 0.801. The Morgan fingerprint density at radius 1 is 1.22 bits per heavy atom. The zero-order valence-corrected chi connectivity index (χ0v) is 15.4. The van der Waals surface area contributed by atoms with E-state index in [1.807, 2.05) is 31.2 Å². The van der Waals surface area contributed by atoms with Crippen LogP contribution in [0.1, 0.15) is 28.1 Å². The Morgan fingerprint density at radius 2 is 1.96 bits per heavy atom. The number of rotatable bonds is 6. The maximum absolute atomic E-state index is 5.90. The van der Waals surface area contributed by atoms with Crippen LogP contribution in [0.4, 0.5) is 0 Å². The van der Waals surface area contributed by atoms with Gasteiger partial charge in [-0.15, -0.1) is 11.3 Å². The molecular weight excluding hydrogens is 328 g/mol. The fourth-order valence-corrected chi connectivity index (χ4v) is 3.26. The Labute approximate surface area is 147 Å². The van der Waals surface area contributed by atoms with E-state index in [1.54, 1.807) is 11.3 Å². The Hall–Kier alpha value is -1.59. The molecule has 2 N–H and O–H groups in total. The summed E-state index contributed by atoms with van der Waals surface area (Å²) in [5, 5.41) is 8.52. The zero-order chi connectivity index (χ0) is 16.7. The van der Waals surface area contributed by atoms with Crippen LogP contribution in [0.2, 0.25) is 5.02 Å². The Bertz CT molecular complexity index is 649. The molecule has 124 valence electrons. The van der Waals surface area contributed by atoms with Gasteiger partial charge < -0.3 is 10.6 Å². The minimum Gasteiger partial charge on any atom is -0.357 e. The number of aliphatic imine (C=N–C) groups is 1. The van der Waals surface area contributed by atoms with Crippen molar-refractivity contribution in [2.45, 2.75) is 33.7 Å². The molecule has 0 spiro atoms. The van der Waals surface area contributed by atoms with Crippen molar-refractivity contribution in [3.05, 3.63) is 50.4 Å². The van der Waals surface area contributed by atoms with Crippen molar-refractivity contribution in [2.24, 2.45) is 4.99 Å². The van der Waals surface area contributed by atoms with E-state index in [4.69, 9.17) is 11.6 Å². The van der Waals surface area contributed by atoms with E-state index in [0.717, 1.165) is 46.8 Å². The van der Waals surface area contributed by atoms with E-state index in [0.29, 0.717) is 6.54 Å². The summed E-state index contributed by atoms with van der Waals surface area (Å²) in [7, 11) is 0. The van der Waals surface area contributed by atoms with Gasteiger partial charge in [-0.1, -0.05) is 23.7 Å². The van der Waals surface area contributed by atoms with Crippen LogP contribution in [0.15, 0.2) is 29.3 Å². The highest BCUT2D eigenvalue weighted by Gasteiger charge is 2.05. The van der Waals surface area contributed by atoms with Gasteiger partial charge in [0.1, 0.15) is 0 Å². The second-order valence-electron chi connectivity index (χ2n) is 5.24. The summed E-state index contributed by atoms with van der Waals surface area (Å²) in [4.78, 5) is 10.4. The minimum absolute atomic E-state index is 0.630. The molecule has 0 bridgehead atoms. The molecule has 1 heterocycles. The molecule has 0 radical (unpaired) electrons. The Kier molecular flexibility index (Phi) is 6.86. The molecule has 4 nitrogen and oxygen atoms in total. The number of hydrogen-bond donors (Lipinski definition) is 2. The molecule has 23 heavy (non-hydrogen) atoms. The van der Waals surface area contributed by atoms with Crippen LogP contribution in [0.3, 0.4) is 0 Å². The van der Waals surface area contributed by atoms with E-state index in [-0.39, 0.29) is 0 Å². The van der Waals surface area contributed by atoms with Crippen molar-refractivity contribution < 1.29 is 0 Å². The third-order valence-corrected chi connectivity index (χ3v) is 4.71. The molecule has 0 saturated carbocycles. The lowest BCUT2D eigenvalue weighted by atomic mass is 10.2. The maximum atomic E-state index is 5.90. The molecule has 6 heteroatoms. The van der Waals surface area contributed by atoms with E-state index in [9.17, 15) is 0 Å². The average Bonchev–Trinajstić information content (AvgIpc) is 2.84. The predicted octanol–water partition coefficient (Wildman–Crippen LogP) is 3.71. The molecule has 0 unspecified atom stereocenters. The summed E-state index contributed by atoms with van der Waals surface area (Å²) in [6.07, 6.45) is 0.961. The largest absolute Gasteiger partial charge is 0.357 e. The van der Waals surface area contributed by atoms with Gasteiger partial charge in [-0.3, -0.25) is 0 Å². The van der Waals surface area contributed by atoms with Gasteiger partial charge in [-0.2, -0.15) is 0 Å². The van der Waals surface area contributed by atoms with Crippen molar-refractivity contribution in [3.8, 4) is 0 Å². The van der Waals surface area contributed by atoms with Crippen molar-refractivity contribution in [3.63, 3.8) is 0 Å². The zero-order valence-electron chi connectivity index (χ0n) is 13.8. The predicted molar refractivity (Wildman–Crippen MR) is 99.6 cm³/mol. The van der Waals surface area contributed by atoms with Crippen LogP contribution >= 0.6 is 22.9 Å². The molecular formula is C17H23ClN4S. The molecule has 0 fully saturated rings. The molecule has 2 rings (SSSR count). The fourth-order valence-electron chi connectivity index (χ4n) is 2.20. The highest BCUT2D eigenvalue weighted by molar-refractivity contribution is 7.11. The van der Waals surface area contributed by atoms with Gasteiger partial charge in [0.2, 0.25) is 0 Å². The van der Waals surface area contributed by atoms with E-state index < -0.39 is 0 Å². The number of hydrogen-bond acceptors (Lipinski definition) is 3. The van der Waals surface area contributed by atoms with Crippen LogP contribution < -0.4 is 10.6 Å². The lowest BCUT2D eigenvalue weighted by Crippen LogP contribution is -2.38. The summed E-state index contributed by atoms with van der Waals surface area (Å²) < 4.78 is 0. The van der Waals surface area contributed by atoms with Gasteiger partial charge >= 0.3 is 0 Å². The number of benzene rings is 1. The van der Waals surface area contributed by atoms with Crippen molar-refractivity contribution in [1.29, 1.82) is 0 Å². The van der Waals surface area contributed by atoms with Gasteiger partial charge in [0.15, 0.2) is 5.96 Å². The van der Waals surface area contributed by atoms with Gasteiger partial charge in [0.05, 0.1) is 17.2 Å². The molecule has 2 aromatic rings. The first-order valence-corrected chi connectivity index (χ1v) is 8.97. The monoisotopic (exact) mass is 350 g/mol. The van der Waals surface area contributed by atoms with Gasteiger partial charge in [-0.25, -0.2) is 9.98 Å². The molecule has 1 aromatic carbocycles. The maximum Gasteiger partial charge on any atom is 0.191 e. The number of aromatic nitrogens is 1. The fraction of sp³-hybridized carbons (Fsp3) is 0.412. The lowest BCUT2D eigenvalue weighted by Gasteiger charge is -2.11. The Morgan fingerprint density at radius 3 is 2.57 bits per heavy atom. The van der Waals surface area contributed by atoms with Crippen LogP contribution in [-0.2, 0) is 13.0 Å². The van der Waals surface area contributed by atoms with Gasteiger partial charge in [-0.05, 0) is 38.5 Å². The quantitative estimate of drug-likeness (QED) is 0.616. The van der Waals surface area contributed by atoms with E-state index in [2.05, 4.69) is 34.5 Å². The molecule has 0 aliphatic rings. The molecule has 0 saturated heterocycles. The van der Waals surface area contributed by atoms with Crippen LogP contribution in [0, 0.1) is 13.8 Å². The average molecular weight is 351 g/mol. The van der Waals surface area contributed by atoms with E-state index >= 15 is 0 Å². The topological polar surface area (TPSA) is 49.3 Å². The second kappa shape index (κ2) is 8.89. The number of nitrogens with zero attached hydrogens (tertiary/aromatic N) is 2. The SMILES string of the molecule is CCNC(=NCc1ccc(Cl)cc1)NCCc1sc(C)nc1C. The highest BCUT2D eigenvalue weighted by Crippen LogP contribution is 2.17. The third-order valence-electron chi connectivity index (χ3n) is 3.32. The van der Waals surface area contributed by atoms with Crippen LogP contribution in [-0.4, -0.2) is 24.0 Å². The van der Waals surface area contributed by atoms with Gasteiger partial charge in [0, 0.05) is 29.4 Å². The van der Waals surface area contributed by atoms with Gasteiger partial charge in [0.25, 0.3) is 0 Å². The number of nitrogens with one attached hydrogen (secondary N) is 2. The molecule has 0 atom stereocenters. The summed E-state index contributed by atoms with van der Waals surface area (Å²) in [6.45, 7) is 8.49. The smallest absolute Gasteiger partial charge is 0.191 e. The summed E-state index contributed by atoms with van der Waals surface area (Å²) in [5.41, 5.74) is 2.28. The number of guanidine groups is 1. The molecule has 0 aliphatic heterocycles. The normalized spacial score (nSPS) is 11.6. The Balaban J connectivity index is 1.88. The molecule has 1 aromatic heterocycles. The minimum atomic E-state index is 0.630. The summed E-state index contributed by atoms with van der Waals surface area (Å²) >= 11 is 7.67. The number of aryl methyl sites for hydroxylation is 2. The standard InChI is InChI=1S/C17H23ClN4S/c1-4-19-17(21-11-14-5-7-15(18)8-6-14)20-10-9-16-12(2)22-13(3)23-16/h5-8H,4,9-11H2,1-3H3,(H2,19,20,21). The third kappa shape index (κ3) is 5.84. The first kappa shape index (κ1) is 17.8. The highest BCUT2D eigenvalue weighted by atomic mass is 35.5. The summed E-state index contributed by atoms with van der Waals surface area (Å²) in [5.74, 6) is 0.835. The van der Waals surface area contributed by atoms with Crippen molar-refractivity contribution >= 4 is 28.9 Å². The van der Waals surface area contributed by atoms with Crippen molar-refractivity contribution in [1.82, 2.24) is 15.6 Å². The summed E-state index contributed by atoms with van der Waals surface area (Å²) in [6, 6.07) is 7.78. The number of halogens is 1. The molecule has 0 aliphatic carbocycles. The first-order chi connectivity index (χ1) is 11.1. The van der Waals surface area contributed by atoms with Crippen LogP contribution in [0.5, 0.6) is 0 Å². The van der Waals surface area contributed by atoms with Crippen LogP contribution in [0.25, 0.3) is 0 Å². The van der Waals surface area contributed by atoms with Crippen molar-refractivity contribution in [2.75, 3.05) is 13.1 Å². The van der Waals surface area contributed by atoms with E-state index in [1.165, 1.54) is 4.88 Å².